The van der Waals surface area contributed by atoms with E-state index >= 15 is 0 Å². The number of carbonyl (C=O) groups excluding carboxylic acids is 1. The van der Waals surface area contributed by atoms with Gasteiger partial charge in [0, 0.05) is 17.8 Å². The van der Waals surface area contributed by atoms with Crippen LogP contribution < -0.4 is 11.2 Å². The highest BCUT2D eigenvalue weighted by molar-refractivity contribution is 5.59. The van der Waals surface area contributed by atoms with Gasteiger partial charge in [0.2, 0.25) is 6.23 Å². The number of ether oxygens (including phenoxy) is 2. The Kier molecular flexibility index (Phi) is 2.91. The van der Waals surface area contributed by atoms with Crippen molar-refractivity contribution in [1.29, 1.82) is 0 Å². The molecule has 1 unspecified atom stereocenters. The lowest BCUT2D eigenvalue weighted by atomic mass is 10.2. The minimum absolute atomic E-state index is 0.106. The minimum Gasteiger partial charge on any atom is -0.469 e. The van der Waals surface area contributed by atoms with Gasteiger partial charge in [-0.15, -0.1) is 0 Å². The Bertz CT molecular complexity index is 675. The third-order valence-electron chi connectivity index (χ3n) is 2.48. The Labute approximate surface area is 101 Å². The Morgan fingerprint density at radius 1 is 1.50 bits per heavy atom. The van der Waals surface area contributed by atoms with E-state index in [1.54, 1.807) is 12.9 Å². The van der Waals surface area contributed by atoms with Crippen LogP contribution in [0.3, 0.4) is 0 Å². The van der Waals surface area contributed by atoms with Crippen molar-refractivity contribution in [2.45, 2.75) is 13.2 Å². The third kappa shape index (κ3) is 1.87. The molecule has 0 bridgehead atoms. The Balaban J connectivity index is 2.52. The fourth-order valence-electron chi connectivity index (χ4n) is 1.56. The first-order valence-electron chi connectivity index (χ1n) is 5.06. The van der Waals surface area contributed by atoms with Crippen LogP contribution >= 0.6 is 0 Å². The van der Waals surface area contributed by atoms with Crippen LogP contribution in [0.2, 0.25) is 0 Å². The molecular weight excluding hydrogens is 240 g/mol. The van der Waals surface area contributed by atoms with Crippen LogP contribution in [0.5, 0.6) is 0 Å². The summed E-state index contributed by atoms with van der Waals surface area (Å²) in [7, 11) is 1.37. The first-order valence-corrected chi connectivity index (χ1v) is 5.06. The van der Waals surface area contributed by atoms with Crippen LogP contribution in [0, 0.1) is 6.92 Å². The number of aromatic nitrogens is 2. The van der Waals surface area contributed by atoms with Crippen LogP contribution in [-0.2, 0) is 14.3 Å². The molecule has 0 radical (unpaired) electrons. The predicted octanol–water partition coefficient (Wildman–Crippen LogP) is -0.380. The summed E-state index contributed by atoms with van der Waals surface area (Å²) in [5, 5.41) is 0. The second-order valence-corrected chi connectivity index (χ2v) is 3.67. The molecule has 1 atom stereocenters. The number of rotatable bonds is 2. The molecule has 7 nitrogen and oxygen atoms in total. The summed E-state index contributed by atoms with van der Waals surface area (Å²) < 4.78 is 11.2. The van der Waals surface area contributed by atoms with E-state index in [9.17, 15) is 14.4 Å². The van der Waals surface area contributed by atoms with E-state index in [2.05, 4.69) is 4.98 Å². The lowest BCUT2D eigenvalue weighted by molar-refractivity contribution is 0.0104. The van der Waals surface area contributed by atoms with Crippen LogP contribution in [-0.4, -0.2) is 22.6 Å². The molecule has 0 aromatic carbocycles. The molecule has 1 aromatic rings. The van der Waals surface area contributed by atoms with E-state index in [-0.39, 0.29) is 11.5 Å². The number of methoxy groups -OCH3 is 1. The molecule has 2 heterocycles. The van der Waals surface area contributed by atoms with E-state index in [1.807, 2.05) is 0 Å². The number of hydrogen-bond acceptors (Lipinski definition) is 5. The summed E-state index contributed by atoms with van der Waals surface area (Å²) in [5.41, 5.74) is -0.713. The molecule has 1 aromatic heterocycles. The van der Waals surface area contributed by atoms with Gasteiger partial charge in [-0.3, -0.25) is 14.3 Å². The third-order valence-corrected chi connectivity index (χ3v) is 2.48. The first-order chi connectivity index (χ1) is 8.56. The summed E-state index contributed by atoms with van der Waals surface area (Å²) in [5.74, 6) is 1.78. The lowest BCUT2D eigenvalue weighted by Gasteiger charge is -2.14. The topological polar surface area (TPSA) is 90.4 Å². The number of aryl methyl sites for hydroxylation is 1. The normalized spacial score (nSPS) is 18.0. The maximum atomic E-state index is 11.7. The number of H-pyrrole nitrogens is 1. The van der Waals surface area contributed by atoms with E-state index < -0.39 is 17.5 Å². The quantitative estimate of drug-likeness (QED) is 0.722. The zero-order valence-corrected chi connectivity index (χ0v) is 9.72. The first kappa shape index (κ1) is 11.9. The van der Waals surface area contributed by atoms with Crippen molar-refractivity contribution in [3.8, 4) is 0 Å². The highest BCUT2D eigenvalue weighted by Crippen LogP contribution is 2.28. The second kappa shape index (κ2) is 4.38. The fraction of sp³-hybridized carbons (Fsp3) is 0.273. The van der Waals surface area contributed by atoms with Gasteiger partial charge in [0.05, 0.1) is 7.11 Å². The monoisotopic (exact) mass is 250 g/mol. The van der Waals surface area contributed by atoms with Crippen LogP contribution in [0.1, 0.15) is 11.8 Å². The van der Waals surface area contributed by atoms with Gasteiger partial charge in [-0.1, -0.05) is 0 Å². The molecule has 0 spiro atoms. The van der Waals surface area contributed by atoms with Gasteiger partial charge in [0.15, 0.2) is 0 Å². The molecule has 1 aliphatic heterocycles. The Hall–Kier alpha value is -2.53. The van der Waals surface area contributed by atoms with Crippen LogP contribution in [0.15, 0.2) is 33.4 Å². The molecule has 0 saturated carbocycles. The highest BCUT2D eigenvalue weighted by atomic mass is 16.7. The van der Waals surface area contributed by atoms with Crippen molar-refractivity contribution in [2.75, 3.05) is 7.11 Å². The lowest BCUT2D eigenvalue weighted by Crippen LogP contribution is -2.33. The molecule has 0 fully saturated rings. The molecule has 1 N–H and O–H groups in total. The fourth-order valence-corrected chi connectivity index (χ4v) is 1.56. The largest absolute Gasteiger partial charge is 0.469 e. The smallest absolute Gasteiger partial charge is 0.331 e. The minimum atomic E-state index is -0.972. The number of aromatic amines is 1. The number of nitrogens with one attached hydrogen (secondary N) is 1. The second-order valence-electron chi connectivity index (χ2n) is 3.67. The van der Waals surface area contributed by atoms with E-state index in [0.717, 1.165) is 4.57 Å². The average Bonchev–Trinajstić information content (AvgIpc) is 2.77. The summed E-state index contributed by atoms with van der Waals surface area (Å²) in [4.78, 5) is 35.8. The van der Waals surface area contributed by atoms with Gasteiger partial charge in [-0.05, 0) is 6.92 Å². The maximum Gasteiger partial charge on any atom is 0.331 e. The van der Waals surface area contributed by atoms with E-state index in [4.69, 9.17) is 9.47 Å². The number of hydrogen-bond donors (Lipinski definition) is 1. The van der Waals surface area contributed by atoms with Crippen molar-refractivity contribution in [1.82, 2.24) is 9.55 Å². The highest BCUT2D eigenvalue weighted by Gasteiger charge is 2.28. The van der Waals surface area contributed by atoms with E-state index in [1.165, 1.54) is 19.4 Å². The summed E-state index contributed by atoms with van der Waals surface area (Å²) in [6.07, 6.45) is 1.68. The van der Waals surface area contributed by atoms with Crippen molar-refractivity contribution in [3.05, 3.63) is 50.2 Å². The summed E-state index contributed by atoms with van der Waals surface area (Å²) >= 11 is 0. The Morgan fingerprint density at radius 2 is 2.22 bits per heavy atom. The predicted molar refractivity (Wildman–Crippen MR) is 60.5 cm³/mol. The van der Waals surface area contributed by atoms with Crippen LogP contribution in [0.25, 0.3) is 0 Å². The van der Waals surface area contributed by atoms with Gasteiger partial charge >= 0.3 is 5.69 Å². The SMILES string of the molecule is COC1=CC(=C=O)C(n2cc(C)c(=O)[nH]c2=O)O1. The van der Waals surface area contributed by atoms with Gasteiger partial charge in [0.1, 0.15) is 11.5 Å². The standard InChI is InChI=1S/C11H10N2O5/c1-6-4-13(11(16)12-9(6)15)10-7(5-14)3-8(17-2)18-10/h3-4,10H,1-2H3,(H,12,15,16). The summed E-state index contributed by atoms with van der Waals surface area (Å²) in [6, 6.07) is 0. The summed E-state index contributed by atoms with van der Waals surface area (Å²) in [6.45, 7) is 1.54. The molecule has 0 saturated heterocycles. The van der Waals surface area contributed by atoms with Crippen LogP contribution in [0.4, 0.5) is 0 Å². The maximum absolute atomic E-state index is 11.7. The zero-order chi connectivity index (χ0) is 13.3. The van der Waals surface area contributed by atoms with Crippen molar-refractivity contribution in [2.24, 2.45) is 0 Å². The molecule has 0 amide bonds. The van der Waals surface area contributed by atoms with Gasteiger partial charge in [0.25, 0.3) is 11.5 Å². The Morgan fingerprint density at radius 3 is 2.83 bits per heavy atom. The molecule has 7 heteroatoms. The van der Waals surface area contributed by atoms with Crippen molar-refractivity contribution >= 4 is 5.94 Å². The van der Waals surface area contributed by atoms with Crippen molar-refractivity contribution in [3.63, 3.8) is 0 Å². The average molecular weight is 250 g/mol. The molecular formula is C11H10N2O5. The van der Waals surface area contributed by atoms with Gasteiger partial charge in [-0.2, -0.15) is 0 Å². The molecule has 94 valence electrons. The van der Waals surface area contributed by atoms with Crippen molar-refractivity contribution < 1.29 is 14.3 Å². The molecule has 2 rings (SSSR count). The molecule has 1 aliphatic rings. The van der Waals surface area contributed by atoms with Gasteiger partial charge < -0.3 is 9.47 Å². The van der Waals surface area contributed by atoms with Gasteiger partial charge in [-0.25, -0.2) is 9.59 Å². The zero-order valence-electron chi connectivity index (χ0n) is 9.72. The molecule has 18 heavy (non-hydrogen) atoms. The van der Waals surface area contributed by atoms with E-state index in [0.29, 0.717) is 5.56 Å². The number of nitrogens with zero attached hydrogens (tertiary/aromatic N) is 1. The molecule has 0 aliphatic carbocycles.